The first kappa shape index (κ1) is 12.1. The maximum atomic E-state index is 13.9. The number of para-hydroxylation sites is 1. The maximum absolute atomic E-state index is 13.9. The van der Waals surface area contributed by atoms with Gasteiger partial charge in [-0.05, 0) is 30.7 Å². The number of aromatic carboxylic acids is 1. The molecule has 0 aliphatic carbocycles. The predicted molar refractivity (Wildman–Crippen MR) is 67.8 cm³/mol. The van der Waals surface area contributed by atoms with Crippen molar-refractivity contribution >= 4 is 17.3 Å². The minimum atomic E-state index is -1.28. The van der Waals surface area contributed by atoms with Crippen LogP contribution in [0.5, 0.6) is 0 Å². The van der Waals surface area contributed by atoms with Gasteiger partial charge in [-0.15, -0.1) is 0 Å². The Balaban J connectivity index is 2.39. The quantitative estimate of drug-likeness (QED) is 0.869. The van der Waals surface area contributed by atoms with Crippen molar-refractivity contribution in [2.24, 2.45) is 0 Å². The molecule has 18 heavy (non-hydrogen) atoms. The summed E-state index contributed by atoms with van der Waals surface area (Å²) in [6.07, 6.45) is 0. The lowest BCUT2D eigenvalue weighted by Crippen LogP contribution is -2.04. The summed E-state index contributed by atoms with van der Waals surface area (Å²) in [6.45, 7) is 1.89. The van der Waals surface area contributed by atoms with E-state index < -0.39 is 11.8 Å². The third kappa shape index (κ3) is 2.32. The molecular weight excluding hydrogens is 233 g/mol. The van der Waals surface area contributed by atoms with Gasteiger partial charge in [-0.3, -0.25) is 0 Å². The van der Waals surface area contributed by atoms with Crippen LogP contribution in [0.2, 0.25) is 0 Å². The van der Waals surface area contributed by atoms with E-state index in [2.05, 4.69) is 5.32 Å². The van der Waals surface area contributed by atoms with Gasteiger partial charge in [0.25, 0.3) is 0 Å². The van der Waals surface area contributed by atoms with E-state index in [1.165, 1.54) is 18.2 Å². The largest absolute Gasteiger partial charge is 0.478 e. The Kier molecular flexibility index (Phi) is 3.28. The Morgan fingerprint density at radius 3 is 2.44 bits per heavy atom. The number of aryl methyl sites for hydroxylation is 1. The predicted octanol–water partition coefficient (Wildman–Crippen LogP) is 3.58. The van der Waals surface area contributed by atoms with Gasteiger partial charge in [0.05, 0.1) is 11.3 Å². The average molecular weight is 245 g/mol. The van der Waals surface area contributed by atoms with Crippen LogP contribution in [0.1, 0.15) is 15.9 Å². The van der Waals surface area contributed by atoms with Crippen LogP contribution in [0.4, 0.5) is 15.8 Å². The molecule has 2 aromatic rings. The second-order valence-corrected chi connectivity index (χ2v) is 3.91. The van der Waals surface area contributed by atoms with Crippen LogP contribution in [0.25, 0.3) is 0 Å². The molecule has 2 rings (SSSR count). The molecule has 0 amide bonds. The molecule has 2 N–H and O–H groups in total. The van der Waals surface area contributed by atoms with E-state index in [1.54, 1.807) is 0 Å². The Hall–Kier alpha value is -2.36. The summed E-state index contributed by atoms with van der Waals surface area (Å²) in [5.74, 6) is -2.03. The van der Waals surface area contributed by atoms with Crippen LogP contribution >= 0.6 is 0 Å². The standard InChI is InChI=1S/C14H12FNO2/c1-9-5-2-3-7-11(9)16-12-8-4-6-10(13(12)15)14(17)18/h2-8,16H,1H3,(H,17,18). The van der Waals surface area contributed by atoms with E-state index in [0.717, 1.165) is 11.3 Å². The maximum Gasteiger partial charge on any atom is 0.338 e. The first-order valence-corrected chi connectivity index (χ1v) is 5.44. The summed E-state index contributed by atoms with van der Waals surface area (Å²) in [6, 6.07) is 11.7. The molecule has 0 saturated carbocycles. The average Bonchev–Trinajstić information content (AvgIpc) is 2.34. The molecule has 3 nitrogen and oxygen atoms in total. The van der Waals surface area contributed by atoms with Crippen molar-refractivity contribution in [2.75, 3.05) is 5.32 Å². The smallest absolute Gasteiger partial charge is 0.338 e. The zero-order chi connectivity index (χ0) is 13.1. The summed E-state index contributed by atoms with van der Waals surface area (Å²) in [4.78, 5) is 10.8. The number of hydrogen-bond acceptors (Lipinski definition) is 2. The second kappa shape index (κ2) is 4.87. The van der Waals surface area contributed by atoms with Crippen molar-refractivity contribution in [3.8, 4) is 0 Å². The molecule has 0 aliphatic rings. The summed E-state index contributed by atoms with van der Waals surface area (Å²) < 4.78 is 13.9. The highest BCUT2D eigenvalue weighted by Crippen LogP contribution is 2.24. The van der Waals surface area contributed by atoms with Gasteiger partial charge in [0.15, 0.2) is 5.82 Å². The van der Waals surface area contributed by atoms with Gasteiger partial charge in [0.1, 0.15) is 0 Å². The van der Waals surface area contributed by atoms with E-state index in [4.69, 9.17) is 5.11 Å². The number of carboxylic acids is 1. The minimum absolute atomic E-state index is 0.157. The van der Waals surface area contributed by atoms with Gasteiger partial charge in [0, 0.05) is 5.69 Å². The van der Waals surface area contributed by atoms with E-state index >= 15 is 0 Å². The number of anilines is 2. The summed E-state index contributed by atoms with van der Waals surface area (Å²) >= 11 is 0. The molecule has 0 unspecified atom stereocenters. The minimum Gasteiger partial charge on any atom is -0.478 e. The molecule has 0 fully saturated rings. The Bertz CT molecular complexity index is 596. The first-order chi connectivity index (χ1) is 8.59. The van der Waals surface area contributed by atoms with Crippen molar-refractivity contribution in [2.45, 2.75) is 6.92 Å². The third-order valence-corrected chi connectivity index (χ3v) is 2.64. The fourth-order valence-electron chi connectivity index (χ4n) is 1.65. The molecule has 92 valence electrons. The van der Waals surface area contributed by atoms with E-state index in [-0.39, 0.29) is 11.3 Å². The lowest BCUT2D eigenvalue weighted by Gasteiger charge is -2.11. The molecule has 0 radical (unpaired) electrons. The van der Waals surface area contributed by atoms with E-state index in [9.17, 15) is 9.18 Å². The van der Waals surface area contributed by atoms with Gasteiger partial charge < -0.3 is 10.4 Å². The van der Waals surface area contributed by atoms with Crippen molar-refractivity contribution in [1.29, 1.82) is 0 Å². The molecule has 2 aromatic carbocycles. The van der Waals surface area contributed by atoms with Gasteiger partial charge >= 0.3 is 5.97 Å². The molecular formula is C14H12FNO2. The van der Waals surface area contributed by atoms with Crippen LogP contribution in [0.3, 0.4) is 0 Å². The summed E-state index contributed by atoms with van der Waals surface area (Å²) in [5, 5.41) is 11.7. The number of carbonyl (C=O) groups is 1. The fourth-order valence-corrected chi connectivity index (χ4v) is 1.65. The van der Waals surface area contributed by atoms with Gasteiger partial charge in [-0.1, -0.05) is 24.3 Å². The van der Waals surface area contributed by atoms with Crippen LogP contribution in [0.15, 0.2) is 42.5 Å². The van der Waals surface area contributed by atoms with Gasteiger partial charge in [-0.2, -0.15) is 0 Å². The molecule has 0 saturated heterocycles. The third-order valence-electron chi connectivity index (χ3n) is 2.64. The van der Waals surface area contributed by atoms with Crippen molar-refractivity contribution in [1.82, 2.24) is 0 Å². The molecule has 0 spiro atoms. The Morgan fingerprint density at radius 1 is 1.11 bits per heavy atom. The van der Waals surface area contributed by atoms with E-state index in [0.29, 0.717) is 0 Å². The number of hydrogen-bond donors (Lipinski definition) is 2. The second-order valence-electron chi connectivity index (χ2n) is 3.91. The highest BCUT2D eigenvalue weighted by Gasteiger charge is 2.13. The highest BCUT2D eigenvalue weighted by molar-refractivity contribution is 5.89. The summed E-state index contributed by atoms with van der Waals surface area (Å²) in [7, 11) is 0. The highest BCUT2D eigenvalue weighted by atomic mass is 19.1. The van der Waals surface area contributed by atoms with Crippen LogP contribution in [0, 0.1) is 12.7 Å². The molecule has 0 bridgehead atoms. The first-order valence-electron chi connectivity index (χ1n) is 5.44. The number of carboxylic acid groups (broad SMARTS) is 1. The van der Waals surface area contributed by atoms with Crippen LogP contribution < -0.4 is 5.32 Å². The molecule has 4 heteroatoms. The fraction of sp³-hybridized carbons (Fsp3) is 0.0714. The van der Waals surface area contributed by atoms with Crippen molar-refractivity contribution in [3.63, 3.8) is 0 Å². The SMILES string of the molecule is Cc1ccccc1Nc1cccc(C(=O)O)c1F. The topological polar surface area (TPSA) is 49.3 Å². The number of rotatable bonds is 3. The van der Waals surface area contributed by atoms with Crippen LogP contribution in [-0.4, -0.2) is 11.1 Å². The summed E-state index contributed by atoms with van der Waals surface area (Å²) in [5.41, 5.74) is 1.52. The monoisotopic (exact) mass is 245 g/mol. The molecule has 0 heterocycles. The number of benzene rings is 2. The zero-order valence-corrected chi connectivity index (χ0v) is 9.77. The van der Waals surface area contributed by atoms with Crippen molar-refractivity contribution in [3.05, 3.63) is 59.4 Å². The van der Waals surface area contributed by atoms with E-state index in [1.807, 2.05) is 31.2 Å². The van der Waals surface area contributed by atoms with Crippen LogP contribution in [-0.2, 0) is 0 Å². The van der Waals surface area contributed by atoms with Gasteiger partial charge in [-0.25, -0.2) is 9.18 Å². The lowest BCUT2D eigenvalue weighted by molar-refractivity contribution is 0.0692. The molecule has 0 aromatic heterocycles. The lowest BCUT2D eigenvalue weighted by atomic mass is 10.1. The Labute approximate surface area is 104 Å². The number of nitrogens with one attached hydrogen (secondary N) is 1. The zero-order valence-electron chi connectivity index (χ0n) is 9.77. The molecule has 0 atom stereocenters. The van der Waals surface area contributed by atoms with Crippen molar-refractivity contribution < 1.29 is 14.3 Å². The number of halogens is 1. The van der Waals surface area contributed by atoms with Gasteiger partial charge in [0.2, 0.25) is 0 Å². The normalized spacial score (nSPS) is 10.1. The molecule has 0 aliphatic heterocycles. The Morgan fingerprint density at radius 2 is 1.78 bits per heavy atom.